The fraction of sp³-hybridized carbons (Fsp3) is 0.750. The summed E-state index contributed by atoms with van der Waals surface area (Å²) < 4.78 is 10.00. The van der Waals surface area contributed by atoms with E-state index in [9.17, 15) is 14.4 Å². The molecule has 0 saturated carbocycles. The average molecular weight is 257 g/mol. The third-order valence-corrected chi connectivity index (χ3v) is 2.33. The third-order valence-electron chi connectivity index (χ3n) is 2.33. The number of hydrogen-bond acceptors (Lipinski definition) is 5. The normalized spacial score (nSPS) is 19.9. The number of nitrogens with zero attached hydrogens (tertiary/aromatic N) is 1. The molecule has 1 aliphatic heterocycles. The first-order chi connectivity index (χ1) is 8.24. The lowest BCUT2D eigenvalue weighted by molar-refractivity contribution is -0.148. The van der Waals surface area contributed by atoms with Gasteiger partial charge in [0.25, 0.3) is 0 Å². The van der Waals surface area contributed by atoms with Gasteiger partial charge in [-0.2, -0.15) is 0 Å². The molecule has 1 aliphatic rings. The molecule has 1 heterocycles. The van der Waals surface area contributed by atoms with Gasteiger partial charge in [-0.05, 0) is 27.7 Å². The maximum absolute atomic E-state index is 11.9. The molecule has 6 heteroatoms. The molecule has 1 atom stereocenters. The number of rotatable bonds is 2. The monoisotopic (exact) mass is 257 g/mol. The van der Waals surface area contributed by atoms with Gasteiger partial charge in [0.2, 0.25) is 0 Å². The lowest BCUT2D eigenvalue weighted by Gasteiger charge is -2.26. The topological polar surface area (TPSA) is 72.9 Å². The Morgan fingerprint density at radius 1 is 1.39 bits per heavy atom. The van der Waals surface area contributed by atoms with E-state index >= 15 is 0 Å². The van der Waals surface area contributed by atoms with Crippen molar-refractivity contribution in [1.29, 1.82) is 0 Å². The Kier molecular flexibility index (Phi) is 4.32. The molecule has 0 aromatic carbocycles. The van der Waals surface area contributed by atoms with Crippen molar-refractivity contribution in [2.24, 2.45) is 0 Å². The lowest BCUT2D eigenvalue weighted by Crippen LogP contribution is -2.44. The minimum Gasteiger partial charge on any atom is -0.464 e. The van der Waals surface area contributed by atoms with Gasteiger partial charge in [0.05, 0.1) is 13.2 Å². The minimum absolute atomic E-state index is 0.00191. The van der Waals surface area contributed by atoms with E-state index in [1.165, 1.54) is 0 Å². The third kappa shape index (κ3) is 3.72. The molecule has 0 spiro atoms. The number of ketones is 1. The van der Waals surface area contributed by atoms with Gasteiger partial charge in [-0.15, -0.1) is 0 Å². The number of carbonyl (C=O) groups is 3. The van der Waals surface area contributed by atoms with Crippen molar-refractivity contribution in [1.82, 2.24) is 4.90 Å². The van der Waals surface area contributed by atoms with E-state index in [4.69, 9.17) is 9.47 Å². The number of hydrogen-bond donors (Lipinski definition) is 0. The summed E-state index contributed by atoms with van der Waals surface area (Å²) in [6.07, 6.45) is -0.663. The zero-order valence-corrected chi connectivity index (χ0v) is 11.2. The van der Waals surface area contributed by atoms with Crippen LogP contribution in [0.1, 0.15) is 34.1 Å². The minimum atomic E-state index is -0.854. The summed E-state index contributed by atoms with van der Waals surface area (Å²) in [5, 5.41) is 0. The molecule has 1 saturated heterocycles. The van der Waals surface area contributed by atoms with Crippen LogP contribution in [0.25, 0.3) is 0 Å². The van der Waals surface area contributed by atoms with Gasteiger partial charge in [0.1, 0.15) is 11.6 Å². The van der Waals surface area contributed by atoms with Gasteiger partial charge in [-0.25, -0.2) is 9.59 Å². The Morgan fingerprint density at radius 3 is 2.50 bits per heavy atom. The van der Waals surface area contributed by atoms with Crippen molar-refractivity contribution in [2.45, 2.75) is 45.8 Å². The molecular formula is C12H19NO5. The van der Waals surface area contributed by atoms with Crippen LogP contribution in [-0.4, -0.2) is 47.5 Å². The molecule has 0 bridgehead atoms. The van der Waals surface area contributed by atoms with E-state index in [0.29, 0.717) is 0 Å². The van der Waals surface area contributed by atoms with E-state index in [0.717, 1.165) is 4.90 Å². The Bertz CT molecular complexity index is 358. The van der Waals surface area contributed by atoms with Gasteiger partial charge in [-0.3, -0.25) is 9.69 Å². The molecule has 1 unspecified atom stereocenters. The van der Waals surface area contributed by atoms with E-state index in [1.807, 2.05) is 0 Å². The van der Waals surface area contributed by atoms with E-state index in [-0.39, 0.29) is 25.4 Å². The van der Waals surface area contributed by atoms with Crippen LogP contribution in [-0.2, 0) is 19.1 Å². The average Bonchev–Trinajstić information content (AvgIpc) is 2.58. The predicted octanol–water partition coefficient (Wildman–Crippen LogP) is 1.13. The number of carbonyl (C=O) groups excluding carboxylic acids is 3. The van der Waals surface area contributed by atoms with Gasteiger partial charge in [0, 0.05) is 6.42 Å². The Balaban J connectivity index is 2.75. The standard InChI is InChI=1S/C12H19NO5/c1-5-17-10(15)9-6-8(14)7-13(9)11(16)18-12(2,3)4/h9H,5-7H2,1-4H3. The van der Waals surface area contributed by atoms with Gasteiger partial charge >= 0.3 is 12.1 Å². The van der Waals surface area contributed by atoms with Crippen LogP contribution in [0.2, 0.25) is 0 Å². The van der Waals surface area contributed by atoms with Crippen LogP contribution >= 0.6 is 0 Å². The highest BCUT2D eigenvalue weighted by molar-refractivity contribution is 5.95. The van der Waals surface area contributed by atoms with Crippen LogP contribution in [0, 0.1) is 0 Å². The fourth-order valence-electron chi connectivity index (χ4n) is 1.65. The number of esters is 1. The smallest absolute Gasteiger partial charge is 0.411 e. The zero-order valence-electron chi connectivity index (χ0n) is 11.2. The van der Waals surface area contributed by atoms with Crippen molar-refractivity contribution in [2.75, 3.05) is 13.2 Å². The summed E-state index contributed by atoms with van der Waals surface area (Å²) in [4.78, 5) is 36.0. The summed E-state index contributed by atoms with van der Waals surface area (Å²) >= 11 is 0. The van der Waals surface area contributed by atoms with Gasteiger partial charge < -0.3 is 9.47 Å². The maximum atomic E-state index is 11.9. The van der Waals surface area contributed by atoms with Crippen molar-refractivity contribution >= 4 is 17.8 Å². The predicted molar refractivity (Wildman–Crippen MR) is 63.0 cm³/mol. The van der Waals surface area contributed by atoms with Crippen LogP contribution < -0.4 is 0 Å². The van der Waals surface area contributed by atoms with Gasteiger partial charge in [0.15, 0.2) is 5.78 Å². The first kappa shape index (κ1) is 14.5. The summed E-state index contributed by atoms with van der Waals surface area (Å²) in [7, 11) is 0. The highest BCUT2D eigenvalue weighted by Crippen LogP contribution is 2.19. The van der Waals surface area contributed by atoms with Crippen LogP contribution in [0.4, 0.5) is 4.79 Å². The number of amides is 1. The molecule has 6 nitrogen and oxygen atoms in total. The SMILES string of the molecule is CCOC(=O)C1CC(=O)CN1C(=O)OC(C)(C)C. The second kappa shape index (κ2) is 5.37. The van der Waals surface area contributed by atoms with Crippen LogP contribution in [0.3, 0.4) is 0 Å². The Labute approximate surface area is 106 Å². The molecule has 0 aliphatic carbocycles. The molecule has 1 amide bonds. The van der Waals surface area contributed by atoms with Crippen LogP contribution in [0.5, 0.6) is 0 Å². The molecule has 0 aromatic heterocycles. The lowest BCUT2D eigenvalue weighted by atomic mass is 10.2. The molecule has 1 rings (SSSR count). The highest BCUT2D eigenvalue weighted by atomic mass is 16.6. The number of Topliss-reactive ketones (excluding diaryl/α,β-unsaturated/α-hetero) is 1. The first-order valence-electron chi connectivity index (χ1n) is 5.92. The van der Waals surface area contributed by atoms with E-state index in [2.05, 4.69) is 0 Å². The molecule has 1 fully saturated rings. The molecule has 102 valence electrons. The molecule has 0 N–H and O–H groups in total. The molecular weight excluding hydrogens is 238 g/mol. The maximum Gasteiger partial charge on any atom is 0.411 e. The van der Waals surface area contributed by atoms with Crippen molar-refractivity contribution < 1.29 is 23.9 Å². The van der Waals surface area contributed by atoms with Gasteiger partial charge in [-0.1, -0.05) is 0 Å². The van der Waals surface area contributed by atoms with Crippen LogP contribution in [0.15, 0.2) is 0 Å². The summed E-state index contributed by atoms with van der Waals surface area (Å²) in [6.45, 7) is 6.96. The van der Waals surface area contributed by atoms with E-state index < -0.39 is 23.7 Å². The van der Waals surface area contributed by atoms with E-state index in [1.54, 1.807) is 27.7 Å². The second-order valence-corrected chi connectivity index (χ2v) is 5.12. The quantitative estimate of drug-likeness (QED) is 0.693. The number of ether oxygens (including phenoxy) is 2. The summed E-state index contributed by atoms with van der Waals surface area (Å²) in [5.41, 5.74) is -0.665. The van der Waals surface area contributed by atoms with Crippen molar-refractivity contribution in [3.63, 3.8) is 0 Å². The second-order valence-electron chi connectivity index (χ2n) is 5.12. The van der Waals surface area contributed by atoms with Crippen molar-refractivity contribution in [3.8, 4) is 0 Å². The summed E-state index contributed by atoms with van der Waals surface area (Å²) in [5.74, 6) is -0.729. The number of likely N-dealkylation sites (tertiary alicyclic amines) is 1. The van der Waals surface area contributed by atoms with Crippen molar-refractivity contribution in [3.05, 3.63) is 0 Å². The molecule has 0 radical (unpaired) electrons. The first-order valence-corrected chi connectivity index (χ1v) is 5.92. The highest BCUT2D eigenvalue weighted by Gasteiger charge is 2.41. The molecule has 18 heavy (non-hydrogen) atoms. The Hall–Kier alpha value is -1.59. The fourth-order valence-corrected chi connectivity index (χ4v) is 1.65. The molecule has 0 aromatic rings. The Morgan fingerprint density at radius 2 is 2.00 bits per heavy atom. The zero-order chi connectivity index (χ0) is 13.9. The summed E-state index contributed by atoms with van der Waals surface area (Å²) in [6, 6.07) is -0.854. The largest absolute Gasteiger partial charge is 0.464 e.